The molecule has 126 valence electrons. The number of phenolic OH excluding ortho intramolecular Hbond substituents is 1. The van der Waals surface area contributed by atoms with Gasteiger partial charge in [0.25, 0.3) is 15.9 Å². The molecule has 0 heterocycles. The molecule has 0 saturated heterocycles. The smallest absolute Gasteiger partial charge is 0.262 e. The number of halogens is 1. The summed E-state index contributed by atoms with van der Waals surface area (Å²) in [4.78, 5) is 11.5. The van der Waals surface area contributed by atoms with Gasteiger partial charge in [0.2, 0.25) is 0 Å². The van der Waals surface area contributed by atoms with Crippen LogP contribution in [0, 0.1) is 0 Å². The quantitative estimate of drug-likeness (QED) is 0.558. The molecule has 24 heavy (non-hydrogen) atoms. The van der Waals surface area contributed by atoms with E-state index in [2.05, 4.69) is 16.6 Å². The van der Waals surface area contributed by atoms with Crippen molar-refractivity contribution in [3.8, 4) is 5.75 Å². The number of rotatable bonds is 5. The fourth-order valence-corrected chi connectivity index (χ4v) is 2.95. The molecule has 0 fully saturated rings. The van der Waals surface area contributed by atoms with Crippen LogP contribution in [-0.2, 0) is 14.8 Å². The van der Waals surface area contributed by atoms with Crippen molar-refractivity contribution in [2.24, 2.45) is 0 Å². The van der Waals surface area contributed by atoms with Crippen molar-refractivity contribution < 1.29 is 18.3 Å². The molecule has 0 saturated carbocycles. The first-order valence-corrected chi connectivity index (χ1v) is 8.63. The van der Waals surface area contributed by atoms with Gasteiger partial charge >= 0.3 is 0 Å². The maximum atomic E-state index is 12.3. The van der Waals surface area contributed by atoms with Crippen molar-refractivity contribution in [2.75, 3.05) is 10.0 Å². The van der Waals surface area contributed by atoms with Crippen molar-refractivity contribution in [1.82, 2.24) is 0 Å². The Morgan fingerprint density at radius 3 is 2.33 bits per heavy atom. The van der Waals surface area contributed by atoms with Crippen LogP contribution in [0.15, 0.2) is 59.5 Å². The van der Waals surface area contributed by atoms with Gasteiger partial charge in [-0.3, -0.25) is 9.52 Å². The van der Waals surface area contributed by atoms with Crippen molar-refractivity contribution in [3.63, 3.8) is 0 Å². The van der Waals surface area contributed by atoms with E-state index in [0.717, 1.165) is 0 Å². The molecule has 0 aliphatic carbocycles. The van der Waals surface area contributed by atoms with Crippen molar-refractivity contribution in [1.29, 1.82) is 0 Å². The number of hydrogen-bond donors (Lipinski definition) is 3. The Hall–Kier alpha value is -2.51. The van der Waals surface area contributed by atoms with Gasteiger partial charge in [-0.25, -0.2) is 8.42 Å². The molecule has 0 spiro atoms. The van der Waals surface area contributed by atoms with Gasteiger partial charge < -0.3 is 10.4 Å². The van der Waals surface area contributed by atoms with Gasteiger partial charge in [-0.2, -0.15) is 0 Å². The molecule has 6 nitrogen and oxygen atoms in total. The van der Waals surface area contributed by atoms with Crippen LogP contribution in [-0.4, -0.2) is 19.4 Å². The standard InChI is InChI=1S/C16H15ClN2O4S/c1-10(2)16(21)18-12-5-8-14(15(20)9-12)19-24(22,23)13-6-3-11(17)4-7-13/h3-9,19-20H,1H2,2H3,(H,18,21). The van der Waals surface area contributed by atoms with E-state index in [9.17, 15) is 18.3 Å². The summed E-state index contributed by atoms with van der Waals surface area (Å²) in [5, 5.41) is 12.9. The van der Waals surface area contributed by atoms with Gasteiger partial charge in [0, 0.05) is 22.3 Å². The molecule has 0 unspecified atom stereocenters. The third kappa shape index (κ3) is 4.27. The summed E-state index contributed by atoms with van der Waals surface area (Å²) in [7, 11) is -3.87. The van der Waals surface area contributed by atoms with Crippen molar-refractivity contribution in [2.45, 2.75) is 11.8 Å². The second-order valence-corrected chi connectivity index (χ2v) is 7.14. The number of hydrogen-bond acceptors (Lipinski definition) is 4. The number of anilines is 2. The van der Waals surface area contributed by atoms with Crippen LogP contribution in [0.3, 0.4) is 0 Å². The molecule has 0 bridgehead atoms. The first kappa shape index (κ1) is 17.8. The lowest BCUT2D eigenvalue weighted by atomic mass is 10.2. The number of amides is 1. The fourth-order valence-electron chi connectivity index (χ4n) is 1.75. The van der Waals surface area contributed by atoms with Gasteiger partial charge in [0.15, 0.2) is 0 Å². The third-order valence-electron chi connectivity index (χ3n) is 3.01. The topological polar surface area (TPSA) is 95.5 Å². The lowest BCUT2D eigenvalue weighted by Gasteiger charge is -2.11. The van der Waals surface area contributed by atoms with Gasteiger partial charge in [-0.1, -0.05) is 18.2 Å². The summed E-state index contributed by atoms with van der Waals surface area (Å²) in [6.45, 7) is 5.05. The highest BCUT2D eigenvalue weighted by Gasteiger charge is 2.16. The van der Waals surface area contributed by atoms with Crippen LogP contribution in [0.2, 0.25) is 5.02 Å². The van der Waals surface area contributed by atoms with Gasteiger partial charge in [-0.05, 0) is 43.3 Å². The Morgan fingerprint density at radius 2 is 1.79 bits per heavy atom. The highest BCUT2D eigenvalue weighted by Crippen LogP contribution is 2.29. The largest absolute Gasteiger partial charge is 0.506 e. The Bertz CT molecular complexity index is 893. The van der Waals surface area contributed by atoms with E-state index in [-0.39, 0.29) is 16.3 Å². The van der Waals surface area contributed by atoms with Crippen molar-refractivity contribution in [3.05, 3.63) is 59.6 Å². The molecule has 0 aliphatic rings. The number of carbonyl (C=O) groups is 1. The zero-order valence-corrected chi connectivity index (χ0v) is 14.3. The average Bonchev–Trinajstić information content (AvgIpc) is 2.50. The summed E-state index contributed by atoms with van der Waals surface area (Å²) in [6, 6.07) is 9.64. The number of phenols is 1. The molecular formula is C16H15ClN2O4S. The predicted molar refractivity (Wildman–Crippen MR) is 93.8 cm³/mol. The first-order valence-electron chi connectivity index (χ1n) is 6.77. The van der Waals surface area contributed by atoms with Crippen molar-refractivity contribution >= 4 is 38.9 Å². The molecule has 1 amide bonds. The molecule has 8 heteroatoms. The van der Waals surface area contributed by atoms with Crippen LogP contribution in [0.4, 0.5) is 11.4 Å². The van der Waals surface area contributed by atoms with Crippen LogP contribution in [0.25, 0.3) is 0 Å². The Labute approximate surface area is 144 Å². The number of carbonyl (C=O) groups excluding carboxylic acids is 1. The number of sulfonamides is 1. The Morgan fingerprint density at radius 1 is 1.17 bits per heavy atom. The summed E-state index contributed by atoms with van der Waals surface area (Å²) >= 11 is 5.73. The normalized spacial score (nSPS) is 10.9. The van der Waals surface area contributed by atoms with Gasteiger partial charge in [0.05, 0.1) is 10.6 Å². The van der Waals surface area contributed by atoms with E-state index in [0.29, 0.717) is 16.3 Å². The van der Waals surface area contributed by atoms with Crippen LogP contribution in [0.5, 0.6) is 5.75 Å². The molecule has 0 aromatic heterocycles. The second kappa shape index (κ2) is 6.94. The molecular weight excluding hydrogens is 352 g/mol. The van der Waals surface area contributed by atoms with E-state index in [4.69, 9.17) is 11.6 Å². The fraction of sp³-hybridized carbons (Fsp3) is 0.0625. The van der Waals surface area contributed by atoms with Gasteiger partial charge in [0.1, 0.15) is 5.75 Å². The average molecular weight is 367 g/mol. The van der Waals surface area contributed by atoms with E-state index >= 15 is 0 Å². The third-order valence-corrected chi connectivity index (χ3v) is 4.64. The van der Waals surface area contributed by atoms with E-state index in [1.807, 2.05) is 0 Å². The highest BCUT2D eigenvalue weighted by molar-refractivity contribution is 7.92. The summed E-state index contributed by atoms with van der Waals surface area (Å²) < 4.78 is 26.8. The minimum Gasteiger partial charge on any atom is -0.506 e. The summed E-state index contributed by atoms with van der Waals surface area (Å²) in [5.74, 6) is -0.726. The zero-order valence-electron chi connectivity index (χ0n) is 12.7. The summed E-state index contributed by atoms with van der Waals surface area (Å²) in [5.41, 5.74) is 0.607. The molecule has 2 rings (SSSR count). The predicted octanol–water partition coefficient (Wildman–Crippen LogP) is 3.36. The number of nitrogens with one attached hydrogen (secondary N) is 2. The van der Waals surface area contributed by atoms with Crippen LogP contribution < -0.4 is 10.0 Å². The maximum Gasteiger partial charge on any atom is 0.262 e. The molecule has 0 atom stereocenters. The monoisotopic (exact) mass is 366 g/mol. The van der Waals surface area contributed by atoms with Crippen LogP contribution in [0.1, 0.15) is 6.92 Å². The molecule has 2 aromatic carbocycles. The zero-order chi connectivity index (χ0) is 17.9. The van der Waals surface area contributed by atoms with E-state index in [1.165, 1.54) is 42.5 Å². The highest BCUT2D eigenvalue weighted by atomic mass is 35.5. The van der Waals surface area contributed by atoms with E-state index < -0.39 is 15.9 Å². The Balaban J connectivity index is 2.22. The lowest BCUT2D eigenvalue weighted by Crippen LogP contribution is -2.14. The first-order chi connectivity index (χ1) is 11.2. The summed E-state index contributed by atoms with van der Waals surface area (Å²) in [6.07, 6.45) is 0. The Kier molecular flexibility index (Phi) is 5.16. The van der Waals surface area contributed by atoms with E-state index in [1.54, 1.807) is 6.92 Å². The van der Waals surface area contributed by atoms with Gasteiger partial charge in [-0.15, -0.1) is 0 Å². The maximum absolute atomic E-state index is 12.3. The number of aromatic hydroxyl groups is 1. The van der Waals surface area contributed by atoms with Crippen LogP contribution >= 0.6 is 11.6 Å². The minimum atomic E-state index is -3.87. The molecule has 0 radical (unpaired) electrons. The SMILES string of the molecule is C=C(C)C(=O)Nc1ccc(NS(=O)(=O)c2ccc(Cl)cc2)c(O)c1. The molecule has 0 aliphatic heterocycles. The lowest BCUT2D eigenvalue weighted by molar-refractivity contribution is -0.112. The second-order valence-electron chi connectivity index (χ2n) is 5.03. The number of benzene rings is 2. The molecule has 2 aromatic rings. The minimum absolute atomic E-state index is 0.00552. The molecule has 3 N–H and O–H groups in total.